The van der Waals surface area contributed by atoms with Crippen LogP contribution in [0.25, 0.3) is 0 Å². The molecule has 0 heterocycles. The Morgan fingerprint density at radius 1 is 1.24 bits per heavy atom. The van der Waals surface area contributed by atoms with Crippen LogP contribution in [0.15, 0.2) is 48.5 Å². The van der Waals surface area contributed by atoms with Crippen molar-refractivity contribution >= 4 is 29.3 Å². The summed E-state index contributed by atoms with van der Waals surface area (Å²) in [5.74, 6) is 1.41. The van der Waals surface area contributed by atoms with Crippen molar-refractivity contribution in [3.63, 3.8) is 0 Å². The highest BCUT2D eigenvalue weighted by Crippen LogP contribution is 2.24. The van der Waals surface area contributed by atoms with Crippen LogP contribution in [0.3, 0.4) is 0 Å². The Kier molecular flexibility index (Phi) is 8.09. The molecular weight excluding hydrogens is 361 g/mol. The molecule has 0 bridgehead atoms. The maximum atomic E-state index is 13.5. The fourth-order valence-electron chi connectivity index (χ4n) is 2.17. The van der Waals surface area contributed by atoms with Gasteiger partial charge in [-0.3, -0.25) is 4.79 Å². The molecule has 0 spiro atoms. The molecule has 0 saturated heterocycles. The zero-order valence-corrected chi connectivity index (χ0v) is 15.6. The number of rotatable bonds is 9. The van der Waals surface area contributed by atoms with E-state index in [1.165, 1.54) is 6.07 Å². The minimum absolute atomic E-state index is 0.172. The van der Waals surface area contributed by atoms with E-state index >= 15 is 0 Å². The van der Waals surface area contributed by atoms with Crippen molar-refractivity contribution in [2.45, 2.75) is 25.2 Å². The van der Waals surface area contributed by atoms with Crippen LogP contribution < -0.4 is 10.1 Å². The van der Waals surface area contributed by atoms with Gasteiger partial charge in [-0.05, 0) is 30.2 Å². The first-order valence-electron chi connectivity index (χ1n) is 8.12. The van der Waals surface area contributed by atoms with E-state index in [9.17, 15) is 9.18 Å². The Hall–Kier alpha value is -1.72. The van der Waals surface area contributed by atoms with Crippen molar-refractivity contribution in [3.8, 4) is 5.75 Å². The monoisotopic (exact) mass is 381 g/mol. The molecule has 1 N–H and O–H groups in total. The molecule has 0 aliphatic carbocycles. The zero-order valence-electron chi connectivity index (χ0n) is 14.0. The van der Waals surface area contributed by atoms with Gasteiger partial charge < -0.3 is 10.1 Å². The summed E-state index contributed by atoms with van der Waals surface area (Å²) in [6, 6.07) is 13.8. The van der Waals surface area contributed by atoms with Gasteiger partial charge in [0.1, 0.15) is 11.6 Å². The van der Waals surface area contributed by atoms with Gasteiger partial charge in [0.25, 0.3) is 5.91 Å². The minimum Gasteiger partial charge on any atom is -0.479 e. The summed E-state index contributed by atoms with van der Waals surface area (Å²) in [5, 5.41) is 3.33. The van der Waals surface area contributed by atoms with Gasteiger partial charge in [-0.2, -0.15) is 11.8 Å². The van der Waals surface area contributed by atoms with Crippen LogP contribution in [0.4, 0.5) is 4.39 Å². The number of para-hydroxylation sites is 1. The lowest BCUT2D eigenvalue weighted by molar-refractivity contribution is -0.127. The summed E-state index contributed by atoms with van der Waals surface area (Å²) in [4.78, 5) is 12.2. The van der Waals surface area contributed by atoms with Crippen LogP contribution in [0.5, 0.6) is 5.75 Å². The minimum atomic E-state index is -0.587. The second kappa shape index (κ2) is 10.3. The van der Waals surface area contributed by atoms with Crippen molar-refractivity contribution in [3.05, 3.63) is 64.9 Å². The molecule has 3 nitrogen and oxygen atoms in total. The van der Waals surface area contributed by atoms with E-state index < -0.39 is 6.10 Å². The molecule has 2 rings (SSSR count). The fourth-order valence-corrected chi connectivity index (χ4v) is 3.20. The third-order valence-corrected chi connectivity index (χ3v) is 4.85. The number of carbonyl (C=O) groups is 1. The van der Waals surface area contributed by atoms with Crippen LogP contribution in [-0.4, -0.2) is 24.3 Å². The molecule has 0 radical (unpaired) electrons. The summed E-state index contributed by atoms with van der Waals surface area (Å²) >= 11 is 7.63. The summed E-state index contributed by atoms with van der Waals surface area (Å²) in [6.45, 7) is 2.38. The highest BCUT2D eigenvalue weighted by Gasteiger charge is 2.18. The van der Waals surface area contributed by atoms with Crippen LogP contribution in [0.1, 0.15) is 18.9 Å². The Morgan fingerprint density at radius 2 is 1.96 bits per heavy atom. The quantitative estimate of drug-likeness (QED) is 0.640. The van der Waals surface area contributed by atoms with Crippen molar-refractivity contribution in [1.29, 1.82) is 0 Å². The highest BCUT2D eigenvalue weighted by molar-refractivity contribution is 7.98. The molecule has 6 heteroatoms. The second-order valence-electron chi connectivity index (χ2n) is 5.38. The smallest absolute Gasteiger partial charge is 0.261 e. The summed E-state index contributed by atoms with van der Waals surface area (Å²) in [7, 11) is 0. The number of hydrogen-bond donors (Lipinski definition) is 1. The molecular formula is C19H21ClFNO2S. The standard InChI is InChI=1S/C19H21ClFNO2S/c1-2-17(24-18-10-6-4-8-15(18)20)19(23)22-11-12-25-13-14-7-3-5-9-16(14)21/h3-10,17H,2,11-13H2,1H3,(H,22,23). The number of nitrogens with one attached hydrogen (secondary N) is 1. The predicted octanol–water partition coefficient (Wildman–Crippen LogP) is 4.69. The van der Waals surface area contributed by atoms with E-state index in [0.717, 1.165) is 0 Å². The lowest BCUT2D eigenvalue weighted by atomic mass is 10.2. The molecule has 25 heavy (non-hydrogen) atoms. The van der Waals surface area contributed by atoms with Gasteiger partial charge in [0.15, 0.2) is 6.10 Å². The summed E-state index contributed by atoms with van der Waals surface area (Å²) in [6.07, 6.45) is -0.0455. The lowest BCUT2D eigenvalue weighted by Crippen LogP contribution is -2.39. The van der Waals surface area contributed by atoms with Gasteiger partial charge >= 0.3 is 0 Å². The largest absolute Gasteiger partial charge is 0.479 e. The summed E-state index contributed by atoms with van der Waals surface area (Å²) < 4.78 is 19.2. The maximum absolute atomic E-state index is 13.5. The van der Waals surface area contributed by atoms with Crippen LogP contribution >= 0.6 is 23.4 Å². The number of carbonyl (C=O) groups excluding carboxylic acids is 1. The number of benzene rings is 2. The normalized spacial score (nSPS) is 11.8. The first kappa shape index (κ1) is 19.6. The highest BCUT2D eigenvalue weighted by atomic mass is 35.5. The number of amides is 1. The van der Waals surface area contributed by atoms with Crippen molar-refractivity contribution in [2.75, 3.05) is 12.3 Å². The Balaban J connectivity index is 1.73. The molecule has 2 aromatic rings. The molecule has 1 atom stereocenters. The maximum Gasteiger partial charge on any atom is 0.261 e. The fraction of sp³-hybridized carbons (Fsp3) is 0.316. The van der Waals surface area contributed by atoms with Crippen molar-refractivity contribution in [1.82, 2.24) is 5.32 Å². The van der Waals surface area contributed by atoms with Crippen LogP contribution in [0, 0.1) is 5.82 Å². The SMILES string of the molecule is CCC(Oc1ccccc1Cl)C(=O)NCCSCc1ccccc1F. The average molecular weight is 382 g/mol. The Morgan fingerprint density at radius 3 is 2.68 bits per heavy atom. The number of hydrogen-bond acceptors (Lipinski definition) is 3. The van der Waals surface area contributed by atoms with Gasteiger partial charge in [-0.1, -0.05) is 48.9 Å². The molecule has 0 aliphatic rings. The second-order valence-corrected chi connectivity index (χ2v) is 6.89. The zero-order chi connectivity index (χ0) is 18.1. The van der Waals surface area contributed by atoms with Gasteiger partial charge in [0.2, 0.25) is 0 Å². The number of halogens is 2. The molecule has 0 aliphatic heterocycles. The Bertz CT molecular complexity index is 699. The number of thioether (sulfide) groups is 1. The molecule has 134 valence electrons. The molecule has 1 unspecified atom stereocenters. The molecule has 0 fully saturated rings. The third kappa shape index (κ3) is 6.25. The van der Waals surface area contributed by atoms with Crippen LogP contribution in [-0.2, 0) is 10.5 Å². The topological polar surface area (TPSA) is 38.3 Å². The number of ether oxygens (including phenoxy) is 1. The summed E-state index contributed by atoms with van der Waals surface area (Å²) in [5.41, 5.74) is 0.673. The van der Waals surface area contributed by atoms with E-state index in [0.29, 0.717) is 40.8 Å². The van der Waals surface area contributed by atoms with Gasteiger partial charge in [0, 0.05) is 18.1 Å². The first-order chi connectivity index (χ1) is 12.1. The Labute approximate surface area is 156 Å². The molecule has 0 aromatic heterocycles. The molecule has 2 aromatic carbocycles. The molecule has 0 saturated carbocycles. The van der Waals surface area contributed by atoms with E-state index in [-0.39, 0.29) is 11.7 Å². The van der Waals surface area contributed by atoms with Gasteiger partial charge in [-0.25, -0.2) is 4.39 Å². The first-order valence-corrected chi connectivity index (χ1v) is 9.65. The van der Waals surface area contributed by atoms with Crippen molar-refractivity contribution < 1.29 is 13.9 Å². The average Bonchev–Trinajstić information content (AvgIpc) is 2.62. The van der Waals surface area contributed by atoms with Crippen LogP contribution in [0.2, 0.25) is 5.02 Å². The van der Waals surface area contributed by atoms with E-state index in [2.05, 4.69) is 5.32 Å². The van der Waals surface area contributed by atoms with E-state index in [1.807, 2.05) is 25.1 Å². The van der Waals surface area contributed by atoms with Gasteiger partial charge in [-0.15, -0.1) is 0 Å². The van der Waals surface area contributed by atoms with Gasteiger partial charge in [0.05, 0.1) is 5.02 Å². The van der Waals surface area contributed by atoms with E-state index in [1.54, 1.807) is 36.0 Å². The molecule has 1 amide bonds. The van der Waals surface area contributed by atoms with Crippen molar-refractivity contribution in [2.24, 2.45) is 0 Å². The third-order valence-electron chi connectivity index (χ3n) is 3.53. The lowest BCUT2D eigenvalue weighted by Gasteiger charge is -2.18. The predicted molar refractivity (Wildman–Crippen MR) is 102 cm³/mol. The van der Waals surface area contributed by atoms with E-state index in [4.69, 9.17) is 16.3 Å².